The summed E-state index contributed by atoms with van der Waals surface area (Å²) in [6, 6.07) is 5.91. The van der Waals surface area contributed by atoms with E-state index in [0.717, 1.165) is 27.3 Å². The van der Waals surface area contributed by atoms with Crippen molar-refractivity contribution in [3.63, 3.8) is 0 Å². The average Bonchev–Trinajstić information content (AvgIpc) is 2.97. The Labute approximate surface area is 178 Å². The highest BCUT2D eigenvalue weighted by atomic mass is 32.2. The molecule has 0 aliphatic rings. The topological polar surface area (TPSA) is 73.2 Å². The SMILES string of the molecule is COCCNC(=O)CSc1nc2sc(C)c(C)c2c(=O)n1-c1ccc(C)c(C)c1. The Bertz CT molecular complexity index is 1120. The Morgan fingerprint density at radius 2 is 2.00 bits per heavy atom. The molecule has 2 aromatic heterocycles. The van der Waals surface area contributed by atoms with Crippen LogP contribution in [0, 0.1) is 27.7 Å². The first-order valence-electron chi connectivity index (χ1n) is 9.32. The molecule has 6 nitrogen and oxygen atoms in total. The fraction of sp³-hybridized carbons (Fsp3) is 0.381. The van der Waals surface area contributed by atoms with Crippen molar-refractivity contribution in [3.8, 4) is 5.69 Å². The van der Waals surface area contributed by atoms with Crippen LogP contribution >= 0.6 is 23.1 Å². The maximum atomic E-state index is 13.4. The van der Waals surface area contributed by atoms with Gasteiger partial charge in [0.1, 0.15) is 4.83 Å². The third-order valence-electron chi connectivity index (χ3n) is 4.88. The first kappa shape index (κ1) is 21.5. The molecule has 2 heterocycles. The summed E-state index contributed by atoms with van der Waals surface area (Å²) in [6.45, 7) is 8.93. The minimum atomic E-state index is -0.119. The smallest absolute Gasteiger partial charge is 0.267 e. The van der Waals surface area contributed by atoms with Crippen LogP contribution in [-0.4, -0.2) is 41.5 Å². The van der Waals surface area contributed by atoms with Gasteiger partial charge in [0.15, 0.2) is 5.16 Å². The predicted octanol–water partition coefficient (Wildman–Crippen LogP) is 3.54. The second-order valence-corrected chi connectivity index (χ2v) is 9.04. The summed E-state index contributed by atoms with van der Waals surface area (Å²) in [5.74, 6) is 0.0575. The molecule has 1 N–H and O–H groups in total. The lowest BCUT2D eigenvalue weighted by molar-refractivity contribution is -0.118. The molecule has 0 aliphatic heterocycles. The largest absolute Gasteiger partial charge is 0.383 e. The van der Waals surface area contributed by atoms with Gasteiger partial charge in [0.25, 0.3) is 5.56 Å². The van der Waals surface area contributed by atoms with Crippen molar-refractivity contribution >= 4 is 39.2 Å². The van der Waals surface area contributed by atoms with Gasteiger partial charge in [-0.15, -0.1) is 11.3 Å². The van der Waals surface area contributed by atoms with Crippen molar-refractivity contribution in [2.75, 3.05) is 26.0 Å². The predicted molar refractivity (Wildman–Crippen MR) is 120 cm³/mol. The highest BCUT2D eigenvalue weighted by Gasteiger charge is 2.19. The normalized spacial score (nSPS) is 11.2. The molecule has 0 saturated heterocycles. The van der Waals surface area contributed by atoms with Crippen LogP contribution in [-0.2, 0) is 9.53 Å². The van der Waals surface area contributed by atoms with Crippen LogP contribution in [0.25, 0.3) is 15.9 Å². The first-order valence-corrected chi connectivity index (χ1v) is 11.1. The molecular weight excluding hydrogens is 406 g/mol. The van der Waals surface area contributed by atoms with E-state index in [1.54, 1.807) is 11.7 Å². The van der Waals surface area contributed by atoms with Crippen molar-refractivity contribution in [2.24, 2.45) is 0 Å². The lowest BCUT2D eigenvalue weighted by Crippen LogP contribution is -2.29. The number of methoxy groups -OCH3 is 1. The lowest BCUT2D eigenvalue weighted by Gasteiger charge is -2.13. The summed E-state index contributed by atoms with van der Waals surface area (Å²) >= 11 is 2.78. The van der Waals surface area contributed by atoms with E-state index in [9.17, 15) is 9.59 Å². The van der Waals surface area contributed by atoms with Crippen molar-refractivity contribution in [1.82, 2.24) is 14.9 Å². The second kappa shape index (κ2) is 9.11. The molecule has 29 heavy (non-hydrogen) atoms. The van der Waals surface area contributed by atoms with Gasteiger partial charge in [-0.1, -0.05) is 17.8 Å². The number of aromatic nitrogens is 2. The highest BCUT2D eigenvalue weighted by molar-refractivity contribution is 7.99. The van der Waals surface area contributed by atoms with E-state index in [0.29, 0.717) is 28.5 Å². The summed E-state index contributed by atoms with van der Waals surface area (Å²) < 4.78 is 6.58. The van der Waals surface area contributed by atoms with Gasteiger partial charge in [-0.25, -0.2) is 4.98 Å². The van der Waals surface area contributed by atoms with E-state index < -0.39 is 0 Å². The Kier molecular flexibility index (Phi) is 6.77. The molecule has 1 aromatic carbocycles. The number of thiophene rings is 1. The highest BCUT2D eigenvalue weighted by Crippen LogP contribution is 2.29. The number of nitrogens with one attached hydrogen (secondary N) is 1. The summed E-state index contributed by atoms with van der Waals surface area (Å²) in [5, 5.41) is 3.97. The third kappa shape index (κ3) is 4.55. The van der Waals surface area contributed by atoms with E-state index in [1.807, 2.05) is 45.9 Å². The van der Waals surface area contributed by atoms with Gasteiger partial charge in [0, 0.05) is 18.5 Å². The van der Waals surface area contributed by atoms with Gasteiger partial charge < -0.3 is 10.1 Å². The molecule has 0 unspecified atom stereocenters. The van der Waals surface area contributed by atoms with Gasteiger partial charge in [0.2, 0.25) is 5.91 Å². The minimum absolute atomic E-state index is 0.0950. The number of hydrogen-bond donors (Lipinski definition) is 1. The zero-order chi connectivity index (χ0) is 21.1. The standard InChI is InChI=1S/C21H25N3O3S2/c1-12-6-7-16(10-13(12)2)24-20(26)18-14(3)15(4)29-19(18)23-21(24)28-11-17(25)22-8-9-27-5/h6-7,10H,8-9,11H2,1-5H3,(H,22,25). The first-order chi connectivity index (χ1) is 13.8. The van der Waals surface area contributed by atoms with Gasteiger partial charge in [-0.05, 0) is 56.5 Å². The molecule has 8 heteroatoms. The number of thioether (sulfide) groups is 1. The van der Waals surface area contributed by atoms with Gasteiger partial charge in [0.05, 0.1) is 23.4 Å². The van der Waals surface area contributed by atoms with Crippen LogP contribution in [0.1, 0.15) is 21.6 Å². The molecule has 3 aromatic rings. The molecule has 3 rings (SSSR count). The molecule has 0 bridgehead atoms. The van der Waals surface area contributed by atoms with E-state index in [1.165, 1.54) is 23.1 Å². The molecule has 0 saturated carbocycles. The Balaban J connectivity index is 2.06. The number of rotatable bonds is 7. The number of amides is 1. The lowest BCUT2D eigenvalue weighted by atomic mass is 10.1. The summed E-state index contributed by atoms with van der Waals surface area (Å²) in [5.41, 5.74) is 3.89. The van der Waals surface area contributed by atoms with Gasteiger partial charge in [-0.2, -0.15) is 0 Å². The third-order valence-corrected chi connectivity index (χ3v) is 6.92. The van der Waals surface area contributed by atoms with Crippen LogP contribution in [0.2, 0.25) is 0 Å². The number of hydrogen-bond acceptors (Lipinski definition) is 6. The van der Waals surface area contributed by atoms with E-state index in [-0.39, 0.29) is 17.2 Å². The second-order valence-electron chi connectivity index (χ2n) is 6.90. The van der Waals surface area contributed by atoms with Crippen LogP contribution in [0.15, 0.2) is 28.2 Å². The number of nitrogens with zero attached hydrogens (tertiary/aromatic N) is 2. The molecule has 0 atom stereocenters. The number of ether oxygens (including phenoxy) is 1. The van der Waals surface area contributed by atoms with Crippen LogP contribution < -0.4 is 10.9 Å². The summed E-state index contributed by atoms with van der Waals surface area (Å²) in [7, 11) is 1.59. The maximum absolute atomic E-state index is 13.4. The monoisotopic (exact) mass is 431 g/mol. The maximum Gasteiger partial charge on any atom is 0.267 e. The fourth-order valence-electron chi connectivity index (χ4n) is 2.94. The minimum Gasteiger partial charge on any atom is -0.383 e. The Morgan fingerprint density at radius 3 is 2.69 bits per heavy atom. The van der Waals surface area contributed by atoms with Crippen molar-refractivity contribution in [2.45, 2.75) is 32.9 Å². The van der Waals surface area contributed by atoms with Gasteiger partial charge >= 0.3 is 0 Å². The molecule has 154 valence electrons. The molecular formula is C21H25N3O3S2. The number of carbonyl (C=O) groups excluding carboxylic acids is 1. The fourth-order valence-corrected chi connectivity index (χ4v) is 4.85. The molecule has 0 radical (unpaired) electrons. The van der Waals surface area contributed by atoms with Crippen LogP contribution in [0.3, 0.4) is 0 Å². The van der Waals surface area contributed by atoms with Gasteiger partial charge in [-0.3, -0.25) is 14.2 Å². The van der Waals surface area contributed by atoms with Crippen LogP contribution in [0.4, 0.5) is 0 Å². The summed E-state index contributed by atoms with van der Waals surface area (Å²) in [6.07, 6.45) is 0. The number of benzene rings is 1. The zero-order valence-electron chi connectivity index (χ0n) is 17.3. The van der Waals surface area contributed by atoms with E-state index in [4.69, 9.17) is 9.72 Å². The molecule has 1 amide bonds. The summed E-state index contributed by atoms with van der Waals surface area (Å²) in [4.78, 5) is 32.1. The van der Waals surface area contributed by atoms with E-state index in [2.05, 4.69) is 5.32 Å². The zero-order valence-corrected chi connectivity index (χ0v) is 18.9. The van der Waals surface area contributed by atoms with E-state index >= 15 is 0 Å². The number of carbonyl (C=O) groups is 1. The quantitative estimate of drug-likeness (QED) is 0.352. The van der Waals surface area contributed by atoms with Crippen molar-refractivity contribution < 1.29 is 9.53 Å². The Hall–Kier alpha value is -2.16. The van der Waals surface area contributed by atoms with Crippen molar-refractivity contribution in [3.05, 3.63) is 50.1 Å². The molecule has 0 fully saturated rings. The Morgan fingerprint density at radius 1 is 1.24 bits per heavy atom. The number of aryl methyl sites for hydroxylation is 4. The number of fused-ring (bicyclic) bond motifs is 1. The molecule has 0 spiro atoms. The van der Waals surface area contributed by atoms with Crippen molar-refractivity contribution in [1.29, 1.82) is 0 Å². The molecule has 0 aliphatic carbocycles. The average molecular weight is 432 g/mol. The van der Waals surface area contributed by atoms with Crippen LogP contribution in [0.5, 0.6) is 0 Å².